The molecule has 2 heterocycles. The zero-order valence-corrected chi connectivity index (χ0v) is 10.6. The molecule has 2 aromatic rings. The summed E-state index contributed by atoms with van der Waals surface area (Å²) in [5, 5.41) is 3.16. The topological polar surface area (TPSA) is 59.9 Å². The molecule has 2 rings (SSSR count). The summed E-state index contributed by atoms with van der Waals surface area (Å²) >= 11 is 0. The van der Waals surface area contributed by atoms with Crippen molar-refractivity contribution >= 4 is 5.82 Å². The van der Waals surface area contributed by atoms with Crippen LogP contribution in [-0.4, -0.2) is 21.5 Å². The average molecular weight is 244 g/mol. The fourth-order valence-electron chi connectivity index (χ4n) is 1.48. The van der Waals surface area contributed by atoms with Gasteiger partial charge < -0.3 is 10.1 Å². The highest BCUT2D eigenvalue weighted by Gasteiger charge is 2.05. The summed E-state index contributed by atoms with van der Waals surface area (Å²) in [6.45, 7) is 4.85. The molecule has 0 aliphatic rings. The summed E-state index contributed by atoms with van der Waals surface area (Å²) in [7, 11) is 0. The summed E-state index contributed by atoms with van der Waals surface area (Å²) in [6.07, 6.45) is 4.12. The van der Waals surface area contributed by atoms with E-state index >= 15 is 0 Å². The summed E-state index contributed by atoms with van der Waals surface area (Å²) in [4.78, 5) is 12.7. The molecule has 5 heteroatoms. The number of aromatic nitrogens is 3. The second-order valence-electron chi connectivity index (χ2n) is 3.68. The van der Waals surface area contributed by atoms with Crippen molar-refractivity contribution < 1.29 is 4.74 Å². The molecule has 0 aliphatic heterocycles. The van der Waals surface area contributed by atoms with E-state index in [1.54, 1.807) is 18.5 Å². The maximum atomic E-state index is 5.65. The van der Waals surface area contributed by atoms with Crippen LogP contribution < -0.4 is 10.1 Å². The van der Waals surface area contributed by atoms with E-state index in [0.29, 0.717) is 11.6 Å². The Balaban J connectivity index is 2.24. The second-order valence-corrected chi connectivity index (χ2v) is 3.68. The highest BCUT2D eigenvalue weighted by molar-refractivity contribution is 5.39. The SMILES string of the molecule is CCNc1cc(Oc2cccnc2)nc(CC)n1. The molecule has 0 aromatic carbocycles. The van der Waals surface area contributed by atoms with Crippen LogP contribution in [0.4, 0.5) is 5.82 Å². The number of rotatable bonds is 5. The minimum atomic E-state index is 0.533. The van der Waals surface area contributed by atoms with Crippen LogP contribution in [0.5, 0.6) is 11.6 Å². The zero-order valence-electron chi connectivity index (χ0n) is 10.6. The number of pyridine rings is 1. The molecule has 0 unspecified atom stereocenters. The van der Waals surface area contributed by atoms with Gasteiger partial charge in [-0.05, 0) is 19.1 Å². The van der Waals surface area contributed by atoms with Gasteiger partial charge in [-0.25, -0.2) is 4.98 Å². The fourth-order valence-corrected chi connectivity index (χ4v) is 1.48. The van der Waals surface area contributed by atoms with Crippen molar-refractivity contribution in [2.75, 3.05) is 11.9 Å². The van der Waals surface area contributed by atoms with E-state index in [9.17, 15) is 0 Å². The van der Waals surface area contributed by atoms with Gasteiger partial charge in [0, 0.05) is 25.2 Å². The third kappa shape index (κ3) is 3.16. The summed E-state index contributed by atoms with van der Waals surface area (Å²) in [5.74, 6) is 2.74. The molecule has 0 radical (unpaired) electrons. The van der Waals surface area contributed by atoms with Crippen LogP contribution in [0.2, 0.25) is 0 Å². The summed E-state index contributed by atoms with van der Waals surface area (Å²) < 4.78 is 5.65. The number of hydrogen-bond donors (Lipinski definition) is 1. The zero-order chi connectivity index (χ0) is 12.8. The van der Waals surface area contributed by atoms with Crippen LogP contribution in [0.3, 0.4) is 0 Å². The molecule has 0 aliphatic carbocycles. The Hall–Kier alpha value is -2.17. The monoisotopic (exact) mass is 244 g/mol. The molecule has 0 fully saturated rings. The predicted molar refractivity (Wildman–Crippen MR) is 69.9 cm³/mol. The van der Waals surface area contributed by atoms with E-state index < -0.39 is 0 Å². The Morgan fingerprint density at radius 3 is 2.83 bits per heavy atom. The normalized spacial score (nSPS) is 10.1. The van der Waals surface area contributed by atoms with Crippen LogP contribution in [0.15, 0.2) is 30.6 Å². The molecule has 5 nitrogen and oxygen atoms in total. The van der Waals surface area contributed by atoms with Crippen LogP contribution in [-0.2, 0) is 6.42 Å². The van der Waals surface area contributed by atoms with Crippen molar-refractivity contribution in [3.63, 3.8) is 0 Å². The lowest BCUT2D eigenvalue weighted by Gasteiger charge is -2.08. The molecular weight excluding hydrogens is 228 g/mol. The molecule has 18 heavy (non-hydrogen) atoms. The standard InChI is InChI=1S/C13H16N4O/c1-3-11-16-12(15-4-2)8-13(17-11)18-10-6-5-7-14-9-10/h5-9H,3-4H2,1-2H3,(H,15,16,17). The van der Waals surface area contributed by atoms with Crippen LogP contribution in [0.1, 0.15) is 19.7 Å². The molecule has 0 amide bonds. The molecule has 0 spiro atoms. The second kappa shape index (κ2) is 5.95. The number of ether oxygens (including phenoxy) is 1. The maximum absolute atomic E-state index is 5.65. The number of nitrogens with zero attached hydrogens (tertiary/aromatic N) is 3. The Labute approximate surface area is 106 Å². The van der Waals surface area contributed by atoms with Gasteiger partial charge >= 0.3 is 0 Å². The third-order valence-electron chi connectivity index (χ3n) is 2.28. The van der Waals surface area contributed by atoms with E-state index in [4.69, 9.17) is 4.74 Å². The predicted octanol–water partition coefficient (Wildman–Crippen LogP) is 2.66. The van der Waals surface area contributed by atoms with Gasteiger partial charge in [-0.2, -0.15) is 4.98 Å². The van der Waals surface area contributed by atoms with Crippen LogP contribution in [0, 0.1) is 0 Å². The lowest BCUT2D eigenvalue weighted by molar-refractivity contribution is 0.457. The maximum Gasteiger partial charge on any atom is 0.224 e. The van der Waals surface area contributed by atoms with E-state index in [0.717, 1.165) is 24.6 Å². The Kier molecular flexibility index (Phi) is 4.06. The van der Waals surface area contributed by atoms with Gasteiger partial charge in [-0.3, -0.25) is 4.98 Å². The lowest BCUT2D eigenvalue weighted by Crippen LogP contribution is -2.04. The smallest absolute Gasteiger partial charge is 0.224 e. The molecule has 0 bridgehead atoms. The first-order valence-electron chi connectivity index (χ1n) is 6.01. The molecule has 0 atom stereocenters. The van der Waals surface area contributed by atoms with Crippen LogP contribution >= 0.6 is 0 Å². The van der Waals surface area contributed by atoms with E-state index in [-0.39, 0.29) is 0 Å². The van der Waals surface area contributed by atoms with Gasteiger partial charge in [0.15, 0.2) is 0 Å². The molecule has 0 saturated heterocycles. The largest absolute Gasteiger partial charge is 0.437 e. The van der Waals surface area contributed by atoms with Gasteiger partial charge in [0.25, 0.3) is 0 Å². The minimum absolute atomic E-state index is 0.533. The Bertz CT molecular complexity index is 502. The highest BCUT2D eigenvalue weighted by Crippen LogP contribution is 2.20. The van der Waals surface area contributed by atoms with Gasteiger partial charge in [0.2, 0.25) is 5.88 Å². The van der Waals surface area contributed by atoms with Crippen molar-refractivity contribution in [1.29, 1.82) is 0 Å². The average Bonchev–Trinajstić information content (AvgIpc) is 2.40. The van der Waals surface area contributed by atoms with E-state index in [2.05, 4.69) is 20.3 Å². The van der Waals surface area contributed by atoms with Crippen molar-refractivity contribution in [2.24, 2.45) is 0 Å². The fraction of sp³-hybridized carbons (Fsp3) is 0.308. The van der Waals surface area contributed by atoms with Crippen molar-refractivity contribution in [2.45, 2.75) is 20.3 Å². The van der Waals surface area contributed by atoms with E-state index in [1.165, 1.54) is 0 Å². The van der Waals surface area contributed by atoms with E-state index in [1.807, 2.05) is 26.0 Å². The van der Waals surface area contributed by atoms with Gasteiger partial charge in [-0.15, -0.1) is 0 Å². The quantitative estimate of drug-likeness (QED) is 0.876. The molecular formula is C13H16N4O. The van der Waals surface area contributed by atoms with Gasteiger partial charge in [0.1, 0.15) is 17.4 Å². The number of anilines is 1. The number of aryl methyl sites for hydroxylation is 1. The molecule has 0 saturated carbocycles. The Morgan fingerprint density at radius 1 is 1.28 bits per heavy atom. The van der Waals surface area contributed by atoms with Gasteiger partial charge in [0.05, 0.1) is 6.20 Å². The summed E-state index contributed by atoms with van der Waals surface area (Å²) in [6, 6.07) is 5.45. The number of hydrogen-bond acceptors (Lipinski definition) is 5. The molecule has 94 valence electrons. The third-order valence-corrected chi connectivity index (χ3v) is 2.28. The van der Waals surface area contributed by atoms with Crippen molar-refractivity contribution in [3.8, 4) is 11.6 Å². The molecule has 2 aromatic heterocycles. The van der Waals surface area contributed by atoms with Crippen molar-refractivity contribution in [3.05, 3.63) is 36.4 Å². The van der Waals surface area contributed by atoms with Crippen molar-refractivity contribution in [1.82, 2.24) is 15.0 Å². The number of nitrogens with one attached hydrogen (secondary N) is 1. The van der Waals surface area contributed by atoms with Crippen LogP contribution in [0.25, 0.3) is 0 Å². The van der Waals surface area contributed by atoms with Gasteiger partial charge in [-0.1, -0.05) is 6.92 Å². The first-order chi connectivity index (χ1) is 8.81. The first kappa shape index (κ1) is 12.3. The lowest BCUT2D eigenvalue weighted by atomic mass is 10.4. The minimum Gasteiger partial charge on any atom is -0.437 e. The summed E-state index contributed by atoms with van der Waals surface area (Å²) in [5.41, 5.74) is 0. The Morgan fingerprint density at radius 2 is 2.17 bits per heavy atom. The molecule has 1 N–H and O–H groups in total. The highest BCUT2D eigenvalue weighted by atomic mass is 16.5. The first-order valence-corrected chi connectivity index (χ1v) is 6.01.